The van der Waals surface area contributed by atoms with E-state index in [4.69, 9.17) is 9.15 Å². The van der Waals surface area contributed by atoms with E-state index in [0.29, 0.717) is 16.7 Å². The van der Waals surface area contributed by atoms with Gasteiger partial charge in [0.1, 0.15) is 0 Å². The molecule has 5 rings (SSSR count). The molecule has 1 aliphatic heterocycles. The number of carbonyl (C=O) groups is 2. The number of hydrogen-bond donors (Lipinski definition) is 1. The fourth-order valence-electron chi connectivity index (χ4n) is 4.73. The fraction of sp³-hybridized carbons (Fsp3) is 0.292. The fourth-order valence-corrected chi connectivity index (χ4v) is 4.73. The molecular weight excluding hydrogens is 396 g/mol. The predicted molar refractivity (Wildman–Crippen MR) is 113 cm³/mol. The van der Waals surface area contributed by atoms with E-state index in [9.17, 15) is 14.7 Å². The zero-order chi connectivity index (χ0) is 21.5. The number of nitrogens with zero attached hydrogens (tertiary/aromatic N) is 2. The van der Waals surface area contributed by atoms with E-state index in [-0.39, 0.29) is 17.4 Å². The number of aliphatic hydroxyl groups is 1. The monoisotopic (exact) mass is 418 g/mol. The van der Waals surface area contributed by atoms with Crippen LogP contribution in [0.15, 0.2) is 64.5 Å². The van der Waals surface area contributed by atoms with Crippen LogP contribution in [0.5, 0.6) is 5.75 Å². The number of methoxy groups -OCH3 is 1. The summed E-state index contributed by atoms with van der Waals surface area (Å²) in [6.45, 7) is 0. The quantitative estimate of drug-likeness (QED) is 0.619. The number of para-hydroxylation sites is 1. The van der Waals surface area contributed by atoms with Gasteiger partial charge in [-0.15, -0.1) is 0 Å². The number of hydrogen-bond acceptors (Lipinski definition) is 6. The van der Waals surface area contributed by atoms with Gasteiger partial charge >= 0.3 is 0 Å². The Morgan fingerprint density at radius 3 is 2.65 bits per heavy atom. The minimum absolute atomic E-state index is 0.0196. The molecule has 0 bridgehead atoms. The van der Waals surface area contributed by atoms with Crippen LogP contribution >= 0.6 is 0 Å². The van der Waals surface area contributed by atoms with Crippen molar-refractivity contribution in [3.63, 3.8) is 0 Å². The van der Waals surface area contributed by atoms with E-state index in [1.807, 2.05) is 12.1 Å². The number of pyridine rings is 1. The molecule has 3 heterocycles. The minimum atomic E-state index is -0.679. The zero-order valence-electron chi connectivity index (χ0n) is 17.1. The number of fused-ring (bicyclic) bond motifs is 1. The maximum Gasteiger partial charge on any atom is 0.290 e. The van der Waals surface area contributed by atoms with Crippen LogP contribution in [0.2, 0.25) is 0 Å². The van der Waals surface area contributed by atoms with Crippen LogP contribution in [0.4, 0.5) is 0 Å². The van der Waals surface area contributed by atoms with Crippen LogP contribution in [0.3, 0.4) is 0 Å². The lowest BCUT2D eigenvalue weighted by molar-refractivity contribution is -0.131. The van der Waals surface area contributed by atoms with Crippen molar-refractivity contribution in [2.75, 3.05) is 7.11 Å². The Morgan fingerprint density at radius 1 is 1.19 bits per heavy atom. The SMILES string of the molecule is COc1cccc2cc(C(=O)C3=C(O)C(=O)N(C4CCCC4)C3c3ccncc3)oc12. The molecule has 2 aromatic heterocycles. The normalized spacial score (nSPS) is 19.6. The average molecular weight is 418 g/mol. The number of benzene rings is 1. The van der Waals surface area contributed by atoms with Crippen LogP contribution in [-0.2, 0) is 4.79 Å². The van der Waals surface area contributed by atoms with Gasteiger partial charge in [-0.3, -0.25) is 14.6 Å². The number of furan rings is 1. The molecule has 31 heavy (non-hydrogen) atoms. The molecule has 1 atom stereocenters. The second-order valence-corrected chi connectivity index (χ2v) is 7.91. The Morgan fingerprint density at radius 2 is 1.94 bits per heavy atom. The third-order valence-electron chi connectivity index (χ3n) is 6.18. The molecule has 1 aliphatic carbocycles. The predicted octanol–water partition coefficient (Wildman–Crippen LogP) is 4.36. The Bertz CT molecular complexity index is 1190. The summed E-state index contributed by atoms with van der Waals surface area (Å²) in [4.78, 5) is 32.4. The molecular formula is C24H22N2O5. The Labute approximate surface area is 178 Å². The summed E-state index contributed by atoms with van der Waals surface area (Å²) in [6, 6.07) is 9.83. The molecule has 0 saturated heterocycles. The number of rotatable bonds is 5. The van der Waals surface area contributed by atoms with Crippen molar-refractivity contribution < 1.29 is 23.8 Å². The summed E-state index contributed by atoms with van der Waals surface area (Å²) in [7, 11) is 1.53. The Kier molecular flexibility index (Phi) is 4.73. The van der Waals surface area contributed by atoms with Gasteiger partial charge in [-0.2, -0.15) is 0 Å². The minimum Gasteiger partial charge on any atom is -0.503 e. The molecule has 7 nitrogen and oxygen atoms in total. The van der Waals surface area contributed by atoms with Gasteiger partial charge < -0.3 is 19.2 Å². The number of ether oxygens (including phenoxy) is 1. The van der Waals surface area contributed by atoms with Gasteiger partial charge in [0.2, 0.25) is 5.78 Å². The highest BCUT2D eigenvalue weighted by molar-refractivity contribution is 6.16. The molecule has 2 aliphatic rings. The van der Waals surface area contributed by atoms with Crippen molar-refractivity contribution in [1.29, 1.82) is 0 Å². The molecule has 7 heteroatoms. The molecule has 1 fully saturated rings. The van der Waals surface area contributed by atoms with Crippen LogP contribution < -0.4 is 4.74 Å². The summed E-state index contributed by atoms with van der Waals surface area (Å²) in [5, 5.41) is 11.5. The smallest absolute Gasteiger partial charge is 0.290 e. The lowest BCUT2D eigenvalue weighted by Gasteiger charge is -2.31. The first-order chi connectivity index (χ1) is 15.1. The van der Waals surface area contributed by atoms with E-state index in [1.165, 1.54) is 7.11 Å². The number of amides is 1. The summed E-state index contributed by atoms with van der Waals surface area (Å²) < 4.78 is 11.2. The summed E-state index contributed by atoms with van der Waals surface area (Å²) in [5.74, 6) is -0.958. The standard InChI is InChI=1S/C24H22N2O5/c1-30-17-8-4-5-15-13-18(31-23(15)17)21(27)19-20(14-9-11-25-12-10-14)26(24(29)22(19)28)16-6-2-3-7-16/h4-5,8-13,16,20,28H,2-3,6-7H2,1H3. The van der Waals surface area contributed by atoms with Gasteiger partial charge in [-0.05, 0) is 42.7 Å². The number of Topliss-reactive ketones (excluding diaryl/α,β-unsaturated/α-hetero) is 1. The Balaban J connectivity index is 1.62. The zero-order valence-corrected chi connectivity index (χ0v) is 17.1. The molecule has 158 valence electrons. The van der Waals surface area contributed by atoms with Crippen LogP contribution in [0.1, 0.15) is 47.8 Å². The summed E-state index contributed by atoms with van der Waals surface area (Å²) in [5.41, 5.74) is 1.23. The summed E-state index contributed by atoms with van der Waals surface area (Å²) in [6.07, 6.45) is 6.98. The van der Waals surface area contributed by atoms with Crippen molar-refractivity contribution >= 4 is 22.7 Å². The third kappa shape index (κ3) is 3.08. The number of aromatic nitrogens is 1. The van der Waals surface area contributed by atoms with E-state index < -0.39 is 23.5 Å². The first kappa shape index (κ1) is 19.4. The number of carbonyl (C=O) groups excluding carboxylic acids is 2. The molecule has 1 N–H and O–H groups in total. The topological polar surface area (TPSA) is 92.9 Å². The first-order valence-corrected chi connectivity index (χ1v) is 10.4. The molecule has 1 saturated carbocycles. The second kappa shape index (κ2) is 7.58. The Hall–Kier alpha value is -3.61. The van der Waals surface area contributed by atoms with Crippen molar-refractivity contribution in [2.24, 2.45) is 0 Å². The highest BCUT2D eigenvalue weighted by Crippen LogP contribution is 2.43. The molecule has 1 unspecified atom stereocenters. The lowest BCUT2D eigenvalue weighted by atomic mass is 9.95. The molecule has 3 aromatic rings. The van der Waals surface area contributed by atoms with Gasteiger partial charge in [0.25, 0.3) is 5.91 Å². The average Bonchev–Trinajstić information content (AvgIpc) is 3.52. The highest BCUT2D eigenvalue weighted by atomic mass is 16.5. The lowest BCUT2D eigenvalue weighted by Crippen LogP contribution is -2.38. The van der Waals surface area contributed by atoms with Crippen LogP contribution in [-0.4, -0.2) is 39.8 Å². The van der Waals surface area contributed by atoms with E-state index in [2.05, 4.69) is 4.98 Å². The van der Waals surface area contributed by atoms with E-state index in [1.54, 1.807) is 41.6 Å². The maximum absolute atomic E-state index is 13.6. The van der Waals surface area contributed by atoms with Gasteiger partial charge in [-0.1, -0.05) is 25.0 Å². The third-order valence-corrected chi connectivity index (χ3v) is 6.18. The van der Waals surface area contributed by atoms with Gasteiger partial charge in [0, 0.05) is 23.8 Å². The van der Waals surface area contributed by atoms with Gasteiger partial charge in [0.15, 0.2) is 22.9 Å². The van der Waals surface area contributed by atoms with E-state index >= 15 is 0 Å². The van der Waals surface area contributed by atoms with Crippen LogP contribution in [0.25, 0.3) is 11.0 Å². The van der Waals surface area contributed by atoms with Crippen LogP contribution in [0, 0.1) is 0 Å². The van der Waals surface area contributed by atoms with Crippen molar-refractivity contribution in [2.45, 2.75) is 37.8 Å². The molecule has 0 radical (unpaired) electrons. The largest absolute Gasteiger partial charge is 0.503 e. The highest BCUT2D eigenvalue weighted by Gasteiger charge is 2.47. The molecule has 1 amide bonds. The van der Waals surface area contributed by atoms with Crippen molar-refractivity contribution in [3.05, 3.63) is 71.4 Å². The van der Waals surface area contributed by atoms with Gasteiger partial charge in [-0.25, -0.2) is 0 Å². The number of ketones is 1. The maximum atomic E-state index is 13.6. The second-order valence-electron chi connectivity index (χ2n) is 7.91. The first-order valence-electron chi connectivity index (χ1n) is 10.4. The van der Waals surface area contributed by atoms with Crippen molar-refractivity contribution in [1.82, 2.24) is 9.88 Å². The van der Waals surface area contributed by atoms with Gasteiger partial charge in [0.05, 0.1) is 18.7 Å². The van der Waals surface area contributed by atoms with E-state index in [0.717, 1.165) is 31.2 Å². The summed E-state index contributed by atoms with van der Waals surface area (Å²) >= 11 is 0. The van der Waals surface area contributed by atoms with Crippen molar-refractivity contribution in [3.8, 4) is 5.75 Å². The molecule has 0 spiro atoms. The number of aliphatic hydroxyl groups excluding tert-OH is 1. The molecule has 1 aromatic carbocycles.